The Labute approximate surface area is 102 Å². The lowest BCUT2D eigenvalue weighted by Crippen LogP contribution is -2.53. The molecule has 1 saturated carbocycles. The first kappa shape index (κ1) is 13.7. The van der Waals surface area contributed by atoms with Gasteiger partial charge in [0.05, 0.1) is 5.54 Å². The number of amides is 1. The van der Waals surface area contributed by atoms with Crippen LogP contribution in [-0.4, -0.2) is 23.0 Å². The van der Waals surface area contributed by atoms with Crippen LogP contribution in [0.2, 0.25) is 0 Å². The Bertz CT molecular complexity index is 335. The van der Waals surface area contributed by atoms with Crippen LogP contribution >= 0.6 is 0 Å². The van der Waals surface area contributed by atoms with Crippen LogP contribution in [0.25, 0.3) is 0 Å². The smallest absolute Gasteiger partial charge is 0.408 e. The highest BCUT2D eigenvalue weighted by molar-refractivity contribution is 5.87. The standard InChI is InChI=1S/C13H21NO3/c1-10(15)6-9-13(7-5-8-13)14-11(16)17-12(2,3)4/h6,9H,5,7-8H2,1-4H3,(H,14,16)/b9-6+. The number of allylic oxidation sites excluding steroid dienone is 1. The quantitative estimate of drug-likeness (QED) is 0.770. The minimum Gasteiger partial charge on any atom is -0.444 e. The van der Waals surface area contributed by atoms with Crippen LogP contribution in [0.15, 0.2) is 12.2 Å². The molecule has 0 saturated heterocycles. The molecular formula is C13H21NO3. The topological polar surface area (TPSA) is 55.4 Å². The predicted molar refractivity (Wildman–Crippen MR) is 65.8 cm³/mol. The Morgan fingerprint density at radius 1 is 1.29 bits per heavy atom. The second-order valence-electron chi connectivity index (χ2n) is 5.58. The van der Waals surface area contributed by atoms with Crippen molar-refractivity contribution in [2.45, 2.75) is 58.1 Å². The van der Waals surface area contributed by atoms with Crippen LogP contribution in [0.3, 0.4) is 0 Å². The molecule has 1 aliphatic rings. The van der Waals surface area contributed by atoms with Gasteiger partial charge in [0.15, 0.2) is 5.78 Å². The Morgan fingerprint density at radius 3 is 2.24 bits per heavy atom. The van der Waals surface area contributed by atoms with Crippen molar-refractivity contribution in [2.24, 2.45) is 0 Å². The highest BCUT2D eigenvalue weighted by Gasteiger charge is 2.37. The maximum absolute atomic E-state index is 11.7. The van der Waals surface area contributed by atoms with Crippen molar-refractivity contribution < 1.29 is 14.3 Å². The SMILES string of the molecule is CC(=O)/C=C/C1(NC(=O)OC(C)(C)C)CCC1. The molecule has 17 heavy (non-hydrogen) atoms. The molecule has 0 aromatic heterocycles. The Hall–Kier alpha value is -1.32. The van der Waals surface area contributed by atoms with E-state index in [1.54, 1.807) is 6.08 Å². The first-order chi connectivity index (χ1) is 7.72. The largest absolute Gasteiger partial charge is 0.444 e. The molecule has 0 radical (unpaired) electrons. The molecule has 1 amide bonds. The lowest BCUT2D eigenvalue weighted by Gasteiger charge is -2.40. The maximum Gasteiger partial charge on any atom is 0.408 e. The third-order valence-corrected chi connectivity index (χ3v) is 2.63. The molecule has 0 unspecified atom stereocenters. The number of carbonyl (C=O) groups is 2. The molecule has 0 aromatic rings. The monoisotopic (exact) mass is 239 g/mol. The highest BCUT2D eigenvalue weighted by atomic mass is 16.6. The highest BCUT2D eigenvalue weighted by Crippen LogP contribution is 2.33. The van der Waals surface area contributed by atoms with Crippen LogP contribution in [0.5, 0.6) is 0 Å². The molecule has 0 heterocycles. The Kier molecular flexibility index (Phi) is 3.96. The predicted octanol–water partition coefficient (Wildman–Crippen LogP) is 2.58. The molecule has 4 nitrogen and oxygen atoms in total. The van der Waals surface area contributed by atoms with Gasteiger partial charge in [-0.25, -0.2) is 4.79 Å². The maximum atomic E-state index is 11.7. The fourth-order valence-electron chi connectivity index (χ4n) is 1.67. The van der Waals surface area contributed by atoms with E-state index in [2.05, 4.69) is 5.32 Å². The summed E-state index contributed by atoms with van der Waals surface area (Å²) in [7, 11) is 0. The number of rotatable bonds is 3. The molecule has 4 heteroatoms. The number of carbonyl (C=O) groups excluding carboxylic acids is 2. The Balaban J connectivity index is 2.58. The minimum atomic E-state index is -0.501. The molecule has 1 fully saturated rings. The molecule has 0 atom stereocenters. The van der Waals surface area contributed by atoms with Crippen LogP contribution in [-0.2, 0) is 9.53 Å². The van der Waals surface area contributed by atoms with Gasteiger partial charge in [-0.15, -0.1) is 0 Å². The first-order valence-corrected chi connectivity index (χ1v) is 5.93. The van der Waals surface area contributed by atoms with E-state index in [0.717, 1.165) is 19.3 Å². The lowest BCUT2D eigenvalue weighted by atomic mass is 9.76. The van der Waals surface area contributed by atoms with Crippen molar-refractivity contribution in [2.75, 3.05) is 0 Å². The summed E-state index contributed by atoms with van der Waals surface area (Å²) in [6.45, 7) is 6.97. The molecule has 0 aliphatic heterocycles. The third kappa shape index (κ3) is 4.59. The van der Waals surface area contributed by atoms with Crippen LogP contribution in [0.4, 0.5) is 4.79 Å². The third-order valence-electron chi connectivity index (χ3n) is 2.63. The average Bonchev–Trinajstić information content (AvgIpc) is 2.05. The summed E-state index contributed by atoms with van der Waals surface area (Å²) in [5.41, 5.74) is -0.882. The van der Waals surface area contributed by atoms with Crippen LogP contribution < -0.4 is 5.32 Å². The van der Waals surface area contributed by atoms with Gasteiger partial charge >= 0.3 is 6.09 Å². The fraction of sp³-hybridized carbons (Fsp3) is 0.692. The van der Waals surface area contributed by atoms with E-state index in [1.165, 1.54) is 13.0 Å². The summed E-state index contributed by atoms with van der Waals surface area (Å²) in [5, 5.41) is 2.84. The summed E-state index contributed by atoms with van der Waals surface area (Å²) in [6.07, 6.45) is 5.63. The summed E-state index contributed by atoms with van der Waals surface area (Å²) in [5.74, 6) is -0.0118. The van der Waals surface area contributed by atoms with E-state index in [-0.39, 0.29) is 11.3 Å². The number of ether oxygens (including phenoxy) is 1. The van der Waals surface area contributed by atoms with Gasteiger partial charge < -0.3 is 10.1 Å². The molecular weight excluding hydrogens is 218 g/mol. The molecule has 1 aliphatic carbocycles. The molecule has 1 rings (SSSR count). The molecule has 0 aromatic carbocycles. The number of nitrogens with one attached hydrogen (secondary N) is 1. The van der Waals surface area contributed by atoms with Gasteiger partial charge in [0.25, 0.3) is 0 Å². The zero-order chi connectivity index (χ0) is 13.1. The van der Waals surface area contributed by atoms with Crippen molar-refractivity contribution in [3.63, 3.8) is 0 Å². The number of ketones is 1. The van der Waals surface area contributed by atoms with Gasteiger partial charge in [-0.3, -0.25) is 4.79 Å². The summed E-state index contributed by atoms with van der Waals surface area (Å²) >= 11 is 0. The van der Waals surface area contributed by atoms with Crippen molar-refractivity contribution in [3.8, 4) is 0 Å². The first-order valence-electron chi connectivity index (χ1n) is 5.93. The van der Waals surface area contributed by atoms with Gasteiger partial charge in [0, 0.05) is 0 Å². The van der Waals surface area contributed by atoms with E-state index in [0.29, 0.717) is 0 Å². The van der Waals surface area contributed by atoms with E-state index < -0.39 is 11.7 Å². The van der Waals surface area contributed by atoms with Gasteiger partial charge in [0.2, 0.25) is 0 Å². The van der Waals surface area contributed by atoms with Crippen molar-refractivity contribution in [3.05, 3.63) is 12.2 Å². The zero-order valence-electron chi connectivity index (χ0n) is 11.0. The van der Waals surface area contributed by atoms with Gasteiger partial charge in [-0.05, 0) is 53.0 Å². The van der Waals surface area contributed by atoms with E-state index in [1.807, 2.05) is 20.8 Å². The van der Waals surface area contributed by atoms with E-state index >= 15 is 0 Å². The minimum absolute atomic E-state index is 0.0118. The van der Waals surface area contributed by atoms with Crippen molar-refractivity contribution >= 4 is 11.9 Å². The van der Waals surface area contributed by atoms with Crippen LogP contribution in [0.1, 0.15) is 47.0 Å². The fourth-order valence-corrected chi connectivity index (χ4v) is 1.67. The number of hydrogen-bond acceptors (Lipinski definition) is 3. The molecule has 96 valence electrons. The second-order valence-corrected chi connectivity index (χ2v) is 5.58. The van der Waals surface area contributed by atoms with E-state index in [4.69, 9.17) is 4.74 Å². The summed E-state index contributed by atoms with van der Waals surface area (Å²) in [6, 6.07) is 0. The number of alkyl carbamates (subject to hydrolysis) is 1. The summed E-state index contributed by atoms with van der Waals surface area (Å²) < 4.78 is 5.21. The van der Waals surface area contributed by atoms with Gasteiger partial charge in [-0.2, -0.15) is 0 Å². The summed E-state index contributed by atoms with van der Waals surface area (Å²) in [4.78, 5) is 22.6. The van der Waals surface area contributed by atoms with Gasteiger partial charge in [0.1, 0.15) is 5.60 Å². The molecule has 0 spiro atoms. The van der Waals surface area contributed by atoms with Crippen molar-refractivity contribution in [1.82, 2.24) is 5.32 Å². The molecule has 0 bridgehead atoms. The normalized spacial score (nSPS) is 18.6. The average molecular weight is 239 g/mol. The lowest BCUT2D eigenvalue weighted by molar-refractivity contribution is -0.112. The van der Waals surface area contributed by atoms with E-state index in [9.17, 15) is 9.59 Å². The Morgan fingerprint density at radius 2 is 1.88 bits per heavy atom. The van der Waals surface area contributed by atoms with Gasteiger partial charge in [-0.1, -0.05) is 6.08 Å². The number of hydrogen-bond donors (Lipinski definition) is 1. The second kappa shape index (κ2) is 4.90. The zero-order valence-corrected chi connectivity index (χ0v) is 11.0. The molecule has 1 N–H and O–H groups in total. The van der Waals surface area contributed by atoms with Crippen LogP contribution in [0, 0.1) is 0 Å². The van der Waals surface area contributed by atoms with Crippen molar-refractivity contribution in [1.29, 1.82) is 0 Å².